The quantitative estimate of drug-likeness (QED) is 0.608. The van der Waals surface area contributed by atoms with Crippen molar-refractivity contribution in [3.8, 4) is 11.3 Å². The van der Waals surface area contributed by atoms with E-state index in [1.54, 1.807) is 37.4 Å². The van der Waals surface area contributed by atoms with Crippen molar-refractivity contribution in [3.63, 3.8) is 0 Å². The van der Waals surface area contributed by atoms with E-state index in [0.29, 0.717) is 6.42 Å². The maximum absolute atomic E-state index is 4.55. The highest BCUT2D eigenvalue weighted by Gasteiger charge is 2.39. The Kier molecular flexibility index (Phi) is 3.57. The first kappa shape index (κ1) is 15.5. The van der Waals surface area contributed by atoms with Crippen LogP contribution in [0.25, 0.3) is 17.3 Å². The third-order valence-corrected chi connectivity index (χ3v) is 4.90. The molecule has 5 rings (SSSR count). The maximum atomic E-state index is 4.55. The van der Waals surface area contributed by atoms with Gasteiger partial charge in [0.15, 0.2) is 0 Å². The van der Waals surface area contributed by atoms with E-state index in [9.17, 15) is 0 Å². The number of nitrogens with zero attached hydrogens (tertiary/aromatic N) is 6. The molecule has 7 nitrogen and oxygen atoms in total. The molecule has 0 spiro atoms. The normalized spacial score (nSPS) is 14.7. The first-order chi connectivity index (χ1) is 13.4. The van der Waals surface area contributed by atoms with Crippen molar-refractivity contribution in [2.24, 2.45) is 0 Å². The van der Waals surface area contributed by atoms with Crippen LogP contribution < -0.4 is 0 Å². The maximum Gasteiger partial charge on any atom is 0.115 e. The van der Waals surface area contributed by atoms with Crippen LogP contribution in [0.15, 0.2) is 67.8 Å². The molecule has 27 heavy (non-hydrogen) atoms. The molecule has 1 aliphatic carbocycles. The Bertz CT molecular complexity index is 1050. The summed E-state index contributed by atoms with van der Waals surface area (Å²) < 4.78 is 0. The third kappa shape index (κ3) is 2.52. The summed E-state index contributed by atoms with van der Waals surface area (Å²) in [4.78, 5) is 21.3. The van der Waals surface area contributed by atoms with Crippen LogP contribution >= 0.6 is 0 Å². The highest BCUT2D eigenvalue weighted by Crippen LogP contribution is 2.41. The molecule has 4 aromatic heterocycles. The fourth-order valence-electron chi connectivity index (χ4n) is 3.59. The number of rotatable bonds is 3. The lowest BCUT2D eigenvalue weighted by atomic mass is 9.72. The van der Waals surface area contributed by atoms with Gasteiger partial charge in [-0.3, -0.25) is 10.1 Å². The number of hydrogen-bond acceptors (Lipinski definition) is 6. The standard InChI is InChI=1S/C20H15N7/c1-6-20(17-4-9-22-12-24-17,18-5-10-23-13-25-18)11-16-15(1)19(27-26-16)14-2-7-21-8-3-14/h1-10,12-13H,11H2,(H,26,27). The van der Waals surface area contributed by atoms with Gasteiger partial charge in [0.05, 0.1) is 22.5 Å². The van der Waals surface area contributed by atoms with Gasteiger partial charge >= 0.3 is 0 Å². The summed E-state index contributed by atoms with van der Waals surface area (Å²) in [5, 5.41) is 7.76. The Balaban J connectivity index is 1.66. The summed E-state index contributed by atoms with van der Waals surface area (Å²) in [5.41, 5.74) is 5.35. The molecule has 130 valence electrons. The van der Waals surface area contributed by atoms with Crippen molar-refractivity contribution in [1.82, 2.24) is 35.1 Å². The second kappa shape index (κ2) is 6.21. The van der Waals surface area contributed by atoms with E-state index in [1.807, 2.05) is 24.3 Å². The van der Waals surface area contributed by atoms with Gasteiger partial charge < -0.3 is 0 Å². The lowest BCUT2D eigenvalue weighted by molar-refractivity contribution is 0.578. The lowest BCUT2D eigenvalue weighted by Gasteiger charge is -2.31. The van der Waals surface area contributed by atoms with Gasteiger partial charge in [-0.1, -0.05) is 12.2 Å². The first-order valence-electron chi connectivity index (χ1n) is 8.57. The van der Waals surface area contributed by atoms with E-state index >= 15 is 0 Å². The van der Waals surface area contributed by atoms with E-state index < -0.39 is 5.41 Å². The number of fused-ring (bicyclic) bond motifs is 1. The van der Waals surface area contributed by atoms with Gasteiger partial charge in [-0.25, -0.2) is 19.9 Å². The molecule has 0 saturated carbocycles. The molecule has 1 N–H and O–H groups in total. The highest BCUT2D eigenvalue weighted by molar-refractivity contribution is 5.75. The Labute approximate surface area is 155 Å². The van der Waals surface area contributed by atoms with E-state index in [2.05, 4.69) is 47.3 Å². The minimum absolute atomic E-state index is 0.499. The molecule has 0 amide bonds. The topological polar surface area (TPSA) is 93.1 Å². The summed E-state index contributed by atoms with van der Waals surface area (Å²) in [5.74, 6) is 0. The monoisotopic (exact) mass is 353 g/mol. The zero-order valence-corrected chi connectivity index (χ0v) is 14.3. The van der Waals surface area contributed by atoms with Crippen LogP contribution in [-0.2, 0) is 11.8 Å². The van der Waals surface area contributed by atoms with Crippen molar-refractivity contribution < 1.29 is 0 Å². The van der Waals surface area contributed by atoms with Gasteiger partial charge in [0, 0.05) is 48.0 Å². The van der Waals surface area contributed by atoms with E-state index in [-0.39, 0.29) is 0 Å². The van der Waals surface area contributed by atoms with Crippen LogP contribution in [0.3, 0.4) is 0 Å². The van der Waals surface area contributed by atoms with Crippen molar-refractivity contribution in [2.45, 2.75) is 11.8 Å². The van der Waals surface area contributed by atoms with Crippen LogP contribution in [0.5, 0.6) is 0 Å². The molecule has 0 radical (unpaired) electrons. The largest absolute Gasteiger partial charge is 0.281 e. The zero-order valence-electron chi connectivity index (χ0n) is 14.3. The van der Waals surface area contributed by atoms with Gasteiger partial charge in [-0.05, 0) is 24.3 Å². The third-order valence-electron chi connectivity index (χ3n) is 4.90. The second-order valence-electron chi connectivity index (χ2n) is 6.37. The molecule has 0 atom stereocenters. The smallest absolute Gasteiger partial charge is 0.115 e. The fraction of sp³-hybridized carbons (Fsp3) is 0.100. The van der Waals surface area contributed by atoms with Gasteiger partial charge in [0.1, 0.15) is 12.7 Å². The molecule has 0 unspecified atom stereocenters. The molecular formula is C20H15N7. The summed E-state index contributed by atoms with van der Waals surface area (Å²) in [6.07, 6.45) is 15.1. The number of H-pyrrole nitrogens is 1. The number of pyridine rings is 1. The number of aromatic amines is 1. The molecule has 4 heterocycles. The Hall–Kier alpha value is -3.74. The number of allylic oxidation sites excluding steroid dienone is 1. The highest BCUT2D eigenvalue weighted by atomic mass is 15.1. The fourth-order valence-corrected chi connectivity index (χ4v) is 3.59. The summed E-state index contributed by atoms with van der Waals surface area (Å²) in [6.45, 7) is 0. The molecular weight excluding hydrogens is 338 g/mol. The van der Waals surface area contributed by atoms with Crippen LogP contribution in [0.2, 0.25) is 0 Å². The Morgan fingerprint density at radius 1 is 0.815 bits per heavy atom. The van der Waals surface area contributed by atoms with Crippen molar-refractivity contribution in [3.05, 3.63) is 90.4 Å². The number of hydrogen-bond donors (Lipinski definition) is 1. The van der Waals surface area contributed by atoms with Crippen LogP contribution in [0.1, 0.15) is 22.6 Å². The molecule has 0 saturated heterocycles. The van der Waals surface area contributed by atoms with Crippen LogP contribution in [0.4, 0.5) is 0 Å². The lowest BCUT2D eigenvalue weighted by Crippen LogP contribution is -2.32. The summed E-state index contributed by atoms with van der Waals surface area (Å²) >= 11 is 0. The second-order valence-corrected chi connectivity index (χ2v) is 6.37. The van der Waals surface area contributed by atoms with E-state index in [0.717, 1.165) is 33.9 Å². The van der Waals surface area contributed by atoms with Crippen molar-refractivity contribution in [1.29, 1.82) is 0 Å². The van der Waals surface area contributed by atoms with E-state index in [1.165, 1.54) is 0 Å². The minimum atomic E-state index is -0.499. The van der Waals surface area contributed by atoms with Gasteiger partial charge in [-0.2, -0.15) is 5.10 Å². The van der Waals surface area contributed by atoms with Gasteiger partial charge in [-0.15, -0.1) is 0 Å². The van der Waals surface area contributed by atoms with Crippen molar-refractivity contribution in [2.75, 3.05) is 0 Å². The van der Waals surface area contributed by atoms with Crippen LogP contribution in [-0.4, -0.2) is 35.1 Å². The Morgan fingerprint density at radius 3 is 2.11 bits per heavy atom. The average Bonchev–Trinajstić information content (AvgIpc) is 3.18. The molecule has 4 aromatic rings. The van der Waals surface area contributed by atoms with Gasteiger partial charge in [0.25, 0.3) is 0 Å². The molecule has 0 bridgehead atoms. The molecule has 7 heteroatoms. The molecule has 1 aliphatic rings. The summed E-state index contributed by atoms with van der Waals surface area (Å²) in [7, 11) is 0. The van der Waals surface area contributed by atoms with Gasteiger partial charge in [0.2, 0.25) is 0 Å². The minimum Gasteiger partial charge on any atom is -0.281 e. The summed E-state index contributed by atoms with van der Waals surface area (Å²) in [6, 6.07) is 7.77. The predicted octanol–water partition coefficient (Wildman–Crippen LogP) is 2.61. The first-order valence-corrected chi connectivity index (χ1v) is 8.57. The van der Waals surface area contributed by atoms with E-state index in [4.69, 9.17) is 0 Å². The van der Waals surface area contributed by atoms with Crippen molar-refractivity contribution >= 4 is 6.08 Å². The molecule has 0 aliphatic heterocycles. The Morgan fingerprint density at radius 2 is 1.48 bits per heavy atom. The average molecular weight is 353 g/mol. The van der Waals surface area contributed by atoms with Crippen LogP contribution in [0, 0.1) is 0 Å². The zero-order chi connectivity index (χ0) is 18.1. The molecule has 0 fully saturated rings. The SMILES string of the molecule is C1=CC(c2ccncn2)(c2ccncn2)Cc2[nH]nc(-c3ccncc3)c21. The predicted molar refractivity (Wildman–Crippen MR) is 99.4 cm³/mol. The number of aromatic nitrogens is 7. The number of nitrogens with one attached hydrogen (secondary N) is 1. The molecule has 0 aromatic carbocycles.